The van der Waals surface area contributed by atoms with Crippen LogP contribution >= 0.6 is 0 Å². The van der Waals surface area contributed by atoms with Gasteiger partial charge in [0.15, 0.2) is 0 Å². The van der Waals surface area contributed by atoms with E-state index in [2.05, 4.69) is 36.4 Å². The summed E-state index contributed by atoms with van der Waals surface area (Å²) in [6.45, 7) is 0. The van der Waals surface area contributed by atoms with E-state index in [4.69, 9.17) is 29.9 Å². The van der Waals surface area contributed by atoms with Crippen molar-refractivity contribution in [1.29, 1.82) is 0 Å². The molecule has 0 bridgehead atoms. The van der Waals surface area contributed by atoms with E-state index in [1.807, 2.05) is 170 Å². The molecule has 5 aromatic heterocycles. The van der Waals surface area contributed by atoms with E-state index >= 15 is 19.2 Å². The van der Waals surface area contributed by atoms with Crippen molar-refractivity contribution >= 4 is 46.4 Å². The van der Waals surface area contributed by atoms with Crippen LogP contribution in [-0.2, 0) is 40.2 Å². The van der Waals surface area contributed by atoms with Crippen LogP contribution in [0.1, 0.15) is 41.4 Å². The van der Waals surface area contributed by atoms with Gasteiger partial charge < -0.3 is 49.5 Å². The molecule has 14 nitrogen and oxygen atoms in total. The summed E-state index contributed by atoms with van der Waals surface area (Å²) in [5.74, 6) is -1.36. The fraction of sp³-hybridized carbons (Fsp3) is 0.0500. The van der Waals surface area contributed by atoms with E-state index in [1.165, 1.54) is 19.6 Å². The molecule has 0 radical (unpaired) electrons. The van der Waals surface area contributed by atoms with Crippen molar-refractivity contribution < 1.29 is 59.4 Å². The normalized spacial score (nSPS) is 10.7. The van der Waals surface area contributed by atoms with E-state index < -0.39 is 23.6 Å². The summed E-state index contributed by atoms with van der Waals surface area (Å²) in [6, 6.07) is 84.9. The Morgan fingerprint density at radius 1 is 0.302 bits per heavy atom. The van der Waals surface area contributed by atoms with Gasteiger partial charge in [-0.15, -0.1) is 144 Å². The number of hydrogen-bond donors (Lipinski definition) is 0. The predicted octanol–water partition coefficient (Wildman–Crippen LogP) is 15.3. The van der Waals surface area contributed by atoms with E-state index in [0.29, 0.717) is 90.3 Å². The van der Waals surface area contributed by atoms with Gasteiger partial charge in [-0.2, -0.15) is 0 Å². The van der Waals surface area contributed by atoms with E-state index in [9.17, 15) is 0 Å². The van der Waals surface area contributed by atoms with Crippen LogP contribution in [-0.4, -0.2) is 81.7 Å². The first-order valence-corrected chi connectivity index (χ1v) is 29.9. The molecule has 8 aromatic carbocycles. The Balaban J connectivity index is 0.00000468. The molecular formula is C80H54Ir2N10O4. The van der Waals surface area contributed by atoms with Gasteiger partial charge in [-0.3, -0.25) is 31.3 Å². The minimum Gasteiger partial charge on any atom is -0.332 e. The largest absolute Gasteiger partial charge is 3.00 e. The predicted molar refractivity (Wildman–Crippen MR) is 366 cm³/mol. The molecular weight excluding hydrogens is 1550 g/mol. The SMILES string of the molecule is CN(C(=O)c1cc(C(=O)N(C)c2ccc(-c3[c-]cccc3)nc2)cc(-c2cccc(-c3cc(C(=O)N(C)c4ccc(-c5[c-]cccc5)nc4)cc(C(=O)N(C)c4ccc(-c5[c-]cccc5)nc4)c3)c2-c2cnc(-c3[c-]ccc[c-]3)nc2)c1)c1ccc(-c2[c-]cccc2)nc1.[Ir+3].[Ir+3]. The summed E-state index contributed by atoms with van der Waals surface area (Å²) in [5.41, 5.74) is 12.3. The molecule has 466 valence electrons. The molecule has 0 aliphatic rings. The molecule has 0 saturated heterocycles. The molecule has 0 aliphatic heterocycles. The summed E-state index contributed by atoms with van der Waals surface area (Å²) in [7, 11) is 6.63. The summed E-state index contributed by atoms with van der Waals surface area (Å²) in [5, 5.41) is 0. The van der Waals surface area contributed by atoms with Gasteiger partial charge >= 0.3 is 40.2 Å². The molecule has 16 heteroatoms. The molecule has 0 spiro atoms. The van der Waals surface area contributed by atoms with Gasteiger partial charge in [-0.1, -0.05) is 42.5 Å². The first kappa shape index (κ1) is 66.1. The molecule has 0 fully saturated rings. The van der Waals surface area contributed by atoms with Gasteiger partial charge in [0.1, 0.15) is 0 Å². The van der Waals surface area contributed by atoms with E-state index in [1.54, 1.807) is 114 Å². The Kier molecular flexibility index (Phi) is 20.4. The van der Waals surface area contributed by atoms with Crippen LogP contribution in [0.3, 0.4) is 0 Å². The zero-order valence-corrected chi connectivity index (χ0v) is 56.8. The van der Waals surface area contributed by atoms with E-state index in [-0.39, 0.29) is 62.5 Å². The third-order valence-corrected chi connectivity index (χ3v) is 16.1. The number of rotatable bonds is 16. The third-order valence-electron chi connectivity index (χ3n) is 16.1. The maximum Gasteiger partial charge on any atom is 3.00 e. The Labute approximate surface area is 583 Å². The fourth-order valence-electron chi connectivity index (χ4n) is 10.9. The molecule has 13 aromatic rings. The van der Waals surface area contributed by atoms with Crippen molar-refractivity contribution in [3.63, 3.8) is 0 Å². The minimum atomic E-state index is -0.431. The summed E-state index contributed by atoms with van der Waals surface area (Å²) < 4.78 is 0. The average Bonchev–Trinajstić information content (AvgIpc) is 0.774. The average molecular weight is 1600 g/mol. The first-order chi connectivity index (χ1) is 45.9. The van der Waals surface area contributed by atoms with Crippen molar-refractivity contribution in [3.8, 4) is 89.8 Å². The second-order valence-corrected chi connectivity index (χ2v) is 22.0. The molecule has 0 saturated carbocycles. The third kappa shape index (κ3) is 14.2. The van der Waals surface area contributed by atoms with Gasteiger partial charge in [0, 0.05) is 98.8 Å². The first-order valence-electron chi connectivity index (χ1n) is 29.9. The smallest absolute Gasteiger partial charge is 0.332 e. The minimum absolute atomic E-state index is 0. The molecule has 0 aliphatic carbocycles. The van der Waals surface area contributed by atoms with E-state index in [0.717, 1.165) is 22.3 Å². The van der Waals surface area contributed by atoms with Crippen LogP contribution < -0.4 is 19.6 Å². The summed E-state index contributed by atoms with van der Waals surface area (Å²) >= 11 is 0. The fourth-order valence-corrected chi connectivity index (χ4v) is 10.9. The Bertz CT molecular complexity index is 4380. The molecule has 0 N–H and O–H groups in total. The van der Waals surface area contributed by atoms with Crippen LogP contribution in [0.5, 0.6) is 0 Å². The van der Waals surface area contributed by atoms with Crippen molar-refractivity contribution in [2.24, 2.45) is 0 Å². The number of hydrogen-bond acceptors (Lipinski definition) is 10. The number of carbonyl (C=O) groups is 4. The van der Waals surface area contributed by atoms with Crippen LogP contribution in [0.15, 0.2) is 256 Å². The molecule has 5 heterocycles. The zero-order chi connectivity index (χ0) is 64.7. The van der Waals surface area contributed by atoms with Crippen LogP contribution in [0, 0.1) is 36.4 Å². The second-order valence-electron chi connectivity index (χ2n) is 22.0. The number of aromatic nitrogens is 6. The van der Waals surface area contributed by atoms with Gasteiger partial charge in [0.2, 0.25) is 0 Å². The Morgan fingerprint density at radius 2 is 0.604 bits per heavy atom. The zero-order valence-electron chi connectivity index (χ0n) is 52.0. The monoisotopic (exact) mass is 1600 g/mol. The van der Waals surface area contributed by atoms with Crippen molar-refractivity contribution in [2.45, 2.75) is 0 Å². The number of carbonyl (C=O) groups excluding carboxylic acids is 4. The van der Waals surface area contributed by atoms with Crippen molar-refractivity contribution in [1.82, 2.24) is 29.9 Å². The number of pyridine rings is 4. The quantitative estimate of drug-likeness (QED) is 0.0852. The molecule has 0 unspecified atom stereocenters. The molecule has 13 rings (SSSR count). The van der Waals surface area contributed by atoms with Crippen LogP contribution in [0.4, 0.5) is 22.7 Å². The maximum atomic E-state index is 15.2. The Hall–Kier alpha value is -11.4. The molecule has 96 heavy (non-hydrogen) atoms. The van der Waals surface area contributed by atoms with Gasteiger partial charge in [0.05, 0.1) is 22.7 Å². The van der Waals surface area contributed by atoms with Gasteiger partial charge in [-0.05, 0) is 112 Å². The van der Waals surface area contributed by atoms with Crippen molar-refractivity contribution in [3.05, 3.63) is 314 Å². The van der Waals surface area contributed by atoms with Crippen LogP contribution in [0.25, 0.3) is 89.8 Å². The number of anilines is 4. The molecule has 4 amide bonds. The summed E-state index contributed by atoms with van der Waals surface area (Å²) in [4.78, 5) is 95.3. The van der Waals surface area contributed by atoms with Gasteiger partial charge in [-0.25, -0.2) is 23.8 Å². The number of benzene rings is 8. The van der Waals surface area contributed by atoms with Crippen molar-refractivity contribution in [2.75, 3.05) is 47.8 Å². The number of nitrogens with zero attached hydrogens (tertiary/aromatic N) is 10. The maximum absolute atomic E-state index is 15.2. The standard InChI is InChI=1S/C80H54N10O4.2Ir/c1-87(65-33-37-71(81-49-65)53-21-10-5-11-22-53)77(91)60-41-58(42-61(45-60)78(92)88(2)66-34-38-72(82-50-66)54-23-12-6-13-24-54)69-31-20-32-70(75(69)64-47-85-76(86-48-64)57-29-18-9-19-30-57)59-43-62(79(93)89(3)67-35-39-73(83-51-67)55-25-14-7-15-26-55)46-63(44-59)80(94)90(4)68-36-40-74(84-52-68)56-27-16-8-17-28-56;;/h5-21,23,25,27,31-52H,1-4H3;;/q-6;2*+3. The summed E-state index contributed by atoms with van der Waals surface area (Å²) in [6.07, 6.45) is 9.87. The van der Waals surface area contributed by atoms with Crippen LogP contribution in [0.2, 0.25) is 0 Å². The van der Waals surface area contributed by atoms with Gasteiger partial charge in [0.25, 0.3) is 23.6 Å². The number of amides is 4. The molecule has 0 atom stereocenters. The second kappa shape index (κ2) is 29.7. The Morgan fingerprint density at radius 3 is 0.875 bits per heavy atom. The topological polar surface area (TPSA) is 159 Å².